The lowest BCUT2D eigenvalue weighted by atomic mass is 10.2. The third kappa shape index (κ3) is 3.53. The van der Waals surface area contributed by atoms with Crippen LogP contribution in [0.3, 0.4) is 0 Å². The van der Waals surface area contributed by atoms with Gasteiger partial charge in [-0.15, -0.1) is 0 Å². The number of pyridine rings is 1. The van der Waals surface area contributed by atoms with Gasteiger partial charge in [0.05, 0.1) is 25.7 Å². The normalized spacial score (nSPS) is 11.0. The molecular formula is C13H16N5OS2+. The van der Waals surface area contributed by atoms with Crippen LogP contribution in [-0.2, 0) is 7.05 Å². The third-order valence-electron chi connectivity index (χ3n) is 2.75. The Morgan fingerprint density at radius 3 is 2.67 bits per heavy atom. The lowest BCUT2D eigenvalue weighted by molar-refractivity contribution is -0.602. The maximum Gasteiger partial charge on any atom is 0.392 e. The highest BCUT2D eigenvalue weighted by molar-refractivity contribution is 7.80. The molecular weight excluding hydrogens is 306 g/mol. The minimum atomic E-state index is -0.0616. The summed E-state index contributed by atoms with van der Waals surface area (Å²) >= 11 is 5.80. The van der Waals surface area contributed by atoms with Gasteiger partial charge in [-0.05, 0) is 54.6 Å². The topological polar surface area (TPSA) is 76.3 Å². The number of hydrogen-bond acceptors (Lipinski definition) is 4. The second kappa shape index (κ2) is 6.15. The Morgan fingerprint density at radius 1 is 1.48 bits per heavy atom. The number of nitrogens with one attached hydrogen (secondary N) is 1. The molecule has 0 radical (unpaired) electrons. The fraction of sp³-hybridized carbons (Fsp3) is 0.231. The number of hydrogen-bond donors (Lipinski definition) is 2. The van der Waals surface area contributed by atoms with Gasteiger partial charge >= 0.3 is 10.7 Å². The van der Waals surface area contributed by atoms with Gasteiger partial charge < -0.3 is 5.73 Å². The number of rotatable bonds is 3. The van der Waals surface area contributed by atoms with Crippen LogP contribution in [0, 0.1) is 13.8 Å². The standard InChI is InChI=1S/C13H15N5OS2/c1-8-4-9(2)7-18(6-8)11-10(5-15-16-12(14)20)21-13(19)17(11)3/h4-7H,1-3H3,(H2-,14,16,20)/p+1/b15-5-. The molecule has 2 aromatic rings. The summed E-state index contributed by atoms with van der Waals surface area (Å²) < 4.78 is 3.51. The molecule has 21 heavy (non-hydrogen) atoms. The highest BCUT2D eigenvalue weighted by atomic mass is 32.1. The molecule has 0 aromatic carbocycles. The van der Waals surface area contributed by atoms with Crippen molar-refractivity contribution in [3.05, 3.63) is 44.1 Å². The molecule has 110 valence electrons. The Balaban J connectivity index is 2.54. The van der Waals surface area contributed by atoms with Crippen LogP contribution < -0.4 is 20.6 Å². The summed E-state index contributed by atoms with van der Waals surface area (Å²) in [7, 11) is 1.73. The zero-order valence-electron chi connectivity index (χ0n) is 12.0. The van der Waals surface area contributed by atoms with Gasteiger partial charge in [-0.1, -0.05) is 0 Å². The predicted molar refractivity (Wildman–Crippen MR) is 88.1 cm³/mol. The van der Waals surface area contributed by atoms with Crippen LogP contribution in [0.15, 0.2) is 28.4 Å². The zero-order chi connectivity index (χ0) is 15.6. The lowest BCUT2D eigenvalue weighted by Crippen LogP contribution is -2.36. The van der Waals surface area contributed by atoms with Crippen molar-refractivity contribution in [3.63, 3.8) is 0 Å². The van der Waals surface area contributed by atoms with E-state index in [0.29, 0.717) is 0 Å². The van der Waals surface area contributed by atoms with E-state index in [1.807, 2.05) is 30.8 Å². The van der Waals surface area contributed by atoms with Crippen LogP contribution in [0.4, 0.5) is 0 Å². The van der Waals surface area contributed by atoms with Crippen LogP contribution in [-0.4, -0.2) is 15.9 Å². The first kappa shape index (κ1) is 15.3. The maximum absolute atomic E-state index is 11.9. The van der Waals surface area contributed by atoms with E-state index < -0.39 is 0 Å². The molecule has 8 heteroatoms. The molecule has 0 aliphatic carbocycles. The Hall–Kier alpha value is -2.06. The number of thiazole rings is 1. The molecule has 0 aliphatic rings. The summed E-state index contributed by atoms with van der Waals surface area (Å²) in [5, 5.41) is 4.01. The predicted octanol–water partition coefficient (Wildman–Crippen LogP) is 0.507. The first-order valence-corrected chi connectivity index (χ1v) is 7.39. The molecule has 0 bridgehead atoms. The van der Waals surface area contributed by atoms with Crippen molar-refractivity contribution in [2.45, 2.75) is 13.8 Å². The van der Waals surface area contributed by atoms with E-state index in [2.05, 4.69) is 28.8 Å². The van der Waals surface area contributed by atoms with Crippen LogP contribution in [0.1, 0.15) is 16.0 Å². The number of nitrogens with zero attached hydrogens (tertiary/aromatic N) is 3. The average Bonchev–Trinajstić information content (AvgIpc) is 2.63. The quantitative estimate of drug-likeness (QED) is 0.374. The Bertz CT molecular complexity index is 755. The molecule has 0 amide bonds. The number of hydrazone groups is 1. The van der Waals surface area contributed by atoms with Gasteiger partial charge in [-0.2, -0.15) is 9.67 Å². The Morgan fingerprint density at radius 2 is 2.10 bits per heavy atom. The van der Waals surface area contributed by atoms with E-state index >= 15 is 0 Å². The van der Waals surface area contributed by atoms with Gasteiger partial charge in [-0.25, -0.2) is 9.36 Å². The summed E-state index contributed by atoms with van der Waals surface area (Å²) in [5.41, 5.74) is 10.0. The Labute approximate surface area is 131 Å². The molecule has 0 unspecified atom stereocenters. The molecule has 2 rings (SSSR count). The second-order valence-electron chi connectivity index (χ2n) is 4.65. The monoisotopic (exact) mass is 322 g/mol. The minimum Gasteiger partial charge on any atom is -0.375 e. The molecule has 2 aromatic heterocycles. The highest BCUT2D eigenvalue weighted by Gasteiger charge is 2.21. The molecule has 0 spiro atoms. The van der Waals surface area contributed by atoms with Crippen molar-refractivity contribution >= 4 is 34.9 Å². The van der Waals surface area contributed by atoms with Crippen molar-refractivity contribution in [3.8, 4) is 5.82 Å². The smallest absolute Gasteiger partial charge is 0.375 e. The van der Waals surface area contributed by atoms with Gasteiger partial charge in [0.25, 0.3) is 0 Å². The largest absolute Gasteiger partial charge is 0.392 e. The van der Waals surface area contributed by atoms with Crippen LogP contribution in [0.2, 0.25) is 0 Å². The highest BCUT2D eigenvalue weighted by Crippen LogP contribution is 2.10. The van der Waals surface area contributed by atoms with Gasteiger partial charge in [0.1, 0.15) is 4.88 Å². The molecule has 0 saturated carbocycles. The second-order valence-corrected chi connectivity index (χ2v) is 6.08. The van der Waals surface area contributed by atoms with Crippen molar-refractivity contribution in [1.82, 2.24) is 9.99 Å². The van der Waals surface area contributed by atoms with Gasteiger partial charge in [-0.3, -0.25) is 5.43 Å². The number of aromatic nitrogens is 2. The third-order valence-corrected chi connectivity index (χ3v) is 3.80. The number of thiocarbonyl (C=S) groups is 1. The maximum atomic E-state index is 11.9. The minimum absolute atomic E-state index is 0.0616. The molecule has 3 N–H and O–H groups in total. The molecule has 0 atom stereocenters. The van der Waals surface area contributed by atoms with Crippen LogP contribution >= 0.6 is 23.6 Å². The summed E-state index contributed by atoms with van der Waals surface area (Å²) in [6.45, 7) is 4.02. The molecule has 2 heterocycles. The van der Waals surface area contributed by atoms with Gasteiger partial charge in [0.2, 0.25) is 0 Å². The van der Waals surface area contributed by atoms with E-state index in [4.69, 9.17) is 5.73 Å². The fourth-order valence-electron chi connectivity index (χ4n) is 2.03. The summed E-state index contributed by atoms with van der Waals surface area (Å²) in [6.07, 6.45) is 5.48. The molecule has 0 aliphatic heterocycles. The first-order valence-electron chi connectivity index (χ1n) is 6.16. The van der Waals surface area contributed by atoms with E-state index in [1.165, 1.54) is 0 Å². The van der Waals surface area contributed by atoms with Crippen molar-refractivity contribution < 1.29 is 4.57 Å². The summed E-state index contributed by atoms with van der Waals surface area (Å²) in [6, 6.07) is 2.07. The van der Waals surface area contributed by atoms with Gasteiger partial charge in [0.15, 0.2) is 5.11 Å². The fourth-order valence-corrected chi connectivity index (χ4v) is 2.93. The van der Waals surface area contributed by atoms with Crippen LogP contribution in [0.5, 0.6) is 0 Å². The molecule has 0 saturated heterocycles. The van der Waals surface area contributed by atoms with E-state index in [9.17, 15) is 4.79 Å². The van der Waals surface area contributed by atoms with E-state index in [0.717, 1.165) is 33.2 Å². The number of nitrogens with two attached hydrogens (primary N) is 1. The van der Waals surface area contributed by atoms with Crippen molar-refractivity contribution in [2.24, 2.45) is 17.9 Å². The summed E-state index contributed by atoms with van der Waals surface area (Å²) in [4.78, 5) is 12.6. The number of aryl methyl sites for hydroxylation is 2. The van der Waals surface area contributed by atoms with Gasteiger partial charge in [0, 0.05) is 0 Å². The summed E-state index contributed by atoms with van der Waals surface area (Å²) in [5.74, 6) is 0.755. The first-order chi connectivity index (χ1) is 9.88. The SMILES string of the molecule is Cc1cc(C)c[n+](-c2c(/C=N\NC(N)=S)sc(=O)n2C)c1. The van der Waals surface area contributed by atoms with E-state index in [-0.39, 0.29) is 9.99 Å². The lowest BCUT2D eigenvalue weighted by Gasteiger charge is -2.02. The molecule has 6 nitrogen and oxygen atoms in total. The van der Waals surface area contributed by atoms with Crippen LogP contribution in [0.25, 0.3) is 5.82 Å². The molecule has 0 fully saturated rings. The average molecular weight is 322 g/mol. The Kier molecular flexibility index (Phi) is 4.49. The van der Waals surface area contributed by atoms with Crippen molar-refractivity contribution in [1.29, 1.82) is 0 Å². The van der Waals surface area contributed by atoms with E-state index in [1.54, 1.807) is 17.8 Å². The zero-order valence-corrected chi connectivity index (χ0v) is 13.6. The van der Waals surface area contributed by atoms with Crippen molar-refractivity contribution in [2.75, 3.05) is 0 Å².